The molecule has 6 rings (SSSR count). The molecule has 0 aliphatic carbocycles. The fourth-order valence-corrected chi connectivity index (χ4v) is 7.66. The summed E-state index contributed by atoms with van der Waals surface area (Å²) in [6, 6.07) is 17.0. The SMILES string of the molecule is COc1cc(N2CCC(N3CCN(C)CC3)CC2)ccc1Cc1nc(Nc2ccccc2P(C)(C)=O)c2c(ccn2C)n1. The van der Waals surface area contributed by atoms with Gasteiger partial charge in [-0.1, -0.05) is 18.2 Å². The second-order valence-electron chi connectivity index (χ2n) is 12.4. The van der Waals surface area contributed by atoms with Crippen LogP contribution in [-0.2, 0) is 18.0 Å². The van der Waals surface area contributed by atoms with Gasteiger partial charge in [0, 0.05) is 87.6 Å². The van der Waals surface area contributed by atoms with E-state index in [2.05, 4.69) is 45.3 Å². The third-order valence-corrected chi connectivity index (χ3v) is 10.6. The zero-order chi connectivity index (χ0) is 30.1. The lowest BCUT2D eigenvalue weighted by atomic mass is 10.0. The van der Waals surface area contributed by atoms with Crippen molar-refractivity contribution >= 4 is 40.7 Å². The van der Waals surface area contributed by atoms with Gasteiger partial charge in [0.25, 0.3) is 0 Å². The first-order valence-corrected chi connectivity index (χ1v) is 17.9. The van der Waals surface area contributed by atoms with Crippen LogP contribution in [0.3, 0.4) is 0 Å². The third kappa shape index (κ3) is 6.44. The number of para-hydroxylation sites is 1. The molecule has 0 unspecified atom stereocenters. The van der Waals surface area contributed by atoms with Gasteiger partial charge in [0.05, 0.1) is 18.3 Å². The highest BCUT2D eigenvalue weighted by molar-refractivity contribution is 7.70. The number of fused-ring (bicyclic) bond motifs is 1. The number of benzene rings is 2. The number of hydrogen-bond acceptors (Lipinski definition) is 8. The lowest BCUT2D eigenvalue weighted by Crippen LogP contribution is -2.52. The van der Waals surface area contributed by atoms with Gasteiger partial charge >= 0.3 is 0 Å². The Hall–Kier alpha value is -3.39. The smallest absolute Gasteiger partial charge is 0.158 e. The molecule has 1 N–H and O–H groups in total. The molecule has 0 amide bonds. The Morgan fingerprint density at radius 1 is 0.953 bits per heavy atom. The second kappa shape index (κ2) is 12.3. The summed E-state index contributed by atoms with van der Waals surface area (Å²) < 4.78 is 20.9. The zero-order valence-electron chi connectivity index (χ0n) is 26.1. The zero-order valence-corrected chi connectivity index (χ0v) is 27.0. The van der Waals surface area contributed by atoms with Crippen molar-refractivity contribution < 1.29 is 9.30 Å². The summed E-state index contributed by atoms with van der Waals surface area (Å²) in [5.41, 5.74) is 4.83. The molecule has 0 atom stereocenters. The van der Waals surface area contributed by atoms with Crippen LogP contribution in [0, 0.1) is 0 Å². The average Bonchev–Trinajstić information content (AvgIpc) is 3.38. The lowest BCUT2D eigenvalue weighted by Gasteiger charge is -2.42. The Morgan fingerprint density at radius 3 is 2.42 bits per heavy atom. The van der Waals surface area contributed by atoms with E-state index in [4.69, 9.17) is 14.7 Å². The van der Waals surface area contributed by atoms with Crippen LogP contribution in [0.1, 0.15) is 24.2 Å². The Labute approximate surface area is 255 Å². The molecule has 2 saturated heterocycles. The maximum atomic E-state index is 13.0. The maximum absolute atomic E-state index is 13.0. The van der Waals surface area contributed by atoms with Gasteiger partial charge in [-0.3, -0.25) is 4.90 Å². The number of piperidine rings is 1. The first-order chi connectivity index (χ1) is 20.7. The van der Waals surface area contributed by atoms with Gasteiger partial charge in [-0.05, 0) is 57.5 Å². The van der Waals surface area contributed by atoms with Crippen LogP contribution >= 0.6 is 7.14 Å². The monoisotopic (exact) mass is 601 g/mol. The molecule has 2 fully saturated rings. The molecule has 228 valence electrons. The number of aromatic nitrogens is 3. The molecule has 4 aromatic rings. The van der Waals surface area contributed by atoms with Gasteiger partial charge in [-0.15, -0.1) is 0 Å². The number of nitrogens with zero attached hydrogens (tertiary/aromatic N) is 6. The van der Waals surface area contributed by atoms with Gasteiger partial charge in [0.1, 0.15) is 24.2 Å². The first kappa shape index (κ1) is 29.7. The Bertz CT molecular complexity index is 1630. The standard InChI is InChI=1S/C33H44N7O2P/c1-37-18-20-40(21-19-37)25-12-16-39(17-13-25)26-11-10-24(29(23-26)42-3)22-31-34-28-14-15-38(2)32(28)33(36-31)35-27-8-6-7-9-30(27)43(4,5)41/h6-11,14-15,23,25H,12-13,16-22H2,1-5H3,(H,34,35,36). The summed E-state index contributed by atoms with van der Waals surface area (Å²) in [5.74, 6) is 2.26. The fraction of sp³-hybridized carbons (Fsp3) is 0.455. The Kier molecular flexibility index (Phi) is 8.49. The highest BCUT2D eigenvalue weighted by Crippen LogP contribution is 2.39. The van der Waals surface area contributed by atoms with Crippen LogP contribution in [-0.4, -0.2) is 97.1 Å². The summed E-state index contributed by atoms with van der Waals surface area (Å²) in [6.45, 7) is 10.4. The van der Waals surface area contributed by atoms with Gasteiger partial charge in [0.2, 0.25) is 0 Å². The number of ether oxygens (including phenoxy) is 1. The quantitative estimate of drug-likeness (QED) is 0.290. The van der Waals surface area contributed by atoms with E-state index in [-0.39, 0.29) is 0 Å². The van der Waals surface area contributed by atoms with Crippen LogP contribution < -0.4 is 20.3 Å². The van der Waals surface area contributed by atoms with E-state index in [1.54, 1.807) is 20.4 Å². The van der Waals surface area contributed by atoms with Crippen molar-refractivity contribution in [2.24, 2.45) is 7.05 Å². The first-order valence-electron chi connectivity index (χ1n) is 15.3. The molecule has 2 aromatic carbocycles. The summed E-state index contributed by atoms with van der Waals surface area (Å²) in [4.78, 5) is 17.5. The van der Waals surface area contributed by atoms with E-state index < -0.39 is 7.14 Å². The van der Waals surface area contributed by atoms with Crippen molar-refractivity contribution in [2.75, 3.05) is 77.0 Å². The predicted octanol–water partition coefficient (Wildman–Crippen LogP) is 4.78. The molecule has 2 aromatic heterocycles. The molecule has 0 bridgehead atoms. The largest absolute Gasteiger partial charge is 0.496 e. The molecule has 9 nitrogen and oxygen atoms in total. The summed E-state index contributed by atoms with van der Waals surface area (Å²) in [7, 11) is 3.45. The molecule has 0 radical (unpaired) electrons. The number of hydrogen-bond donors (Lipinski definition) is 1. The average molecular weight is 602 g/mol. The van der Waals surface area contributed by atoms with Crippen LogP contribution in [0.15, 0.2) is 54.7 Å². The molecule has 0 spiro atoms. The number of piperazine rings is 1. The summed E-state index contributed by atoms with van der Waals surface area (Å²) >= 11 is 0. The van der Waals surface area contributed by atoms with E-state index in [1.807, 2.05) is 48.1 Å². The van der Waals surface area contributed by atoms with Crippen molar-refractivity contribution in [3.8, 4) is 5.75 Å². The van der Waals surface area contributed by atoms with Crippen molar-refractivity contribution in [2.45, 2.75) is 25.3 Å². The van der Waals surface area contributed by atoms with Crippen LogP contribution in [0.2, 0.25) is 0 Å². The molecule has 2 aliphatic rings. The normalized spacial score (nSPS) is 17.5. The number of methoxy groups -OCH3 is 1. The number of nitrogens with one attached hydrogen (secondary N) is 1. The number of likely N-dealkylation sites (N-methyl/N-ethyl adjacent to an activating group) is 1. The minimum absolute atomic E-state index is 0.538. The topological polar surface area (TPSA) is 78.8 Å². The molecular weight excluding hydrogens is 557 g/mol. The van der Waals surface area contributed by atoms with E-state index >= 15 is 0 Å². The molecule has 4 heterocycles. The number of rotatable bonds is 8. The van der Waals surface area contributed by atoms with Crippen LogP contribution in [0.4, 0.5) is 17.2 Å². The van der Waals surface area contributed by atoms with Gasteiger partial charge in [-0.2, -0.15) is 0 Å². The summed E-state index contributed by atoms with van der Waals surface area (Å²) in [6.07, 6.45) is 4.93. The van der Waals surface area contributed by atoms with Gasteiger partial charge < -0.3 is 29.0 Å². The van der Waals surface area contributed by atoms with E-state index in [9.17, 15) is 4.57 Å². The predicted molar refractivity (Wildman–Crippen MR) is 177 cm³/mol. The van der Waals surface area contributed by atoms with Crippen molar-refractivity contribution in [1.82, 2.24) is 24.3 Å². The maximum Gasteiger partial charge on any atom is 0.158 e. The fourth-order valence-electron chi connectivity index (χ4n) is 6.51. The van der Waals surface area contributed by atoms with Gasteiger partial charge in [0.15, 0.2) is 5.82 Å². The van der Waals surface area contributed by atoms with E-state index in [0.29, 0.717) is 24.1 Å². The van der Waals surface area contributed by atoms with Gasteiger partial charge in [-0.25, -0.2) is 9.97 Å². The second-order valence-corrected chi connectivity index (χ2v) is 15.6. The molecule has 0 saturated carbocycles. The molecule has 2 aliphatic heterocycles. The minimum Gasteiger partial charge on any atom is -0.496 e. The molecule has 10 heteroatoms. The van der Waals surface area contributed by atoms with E-state index in [0.717, 1.165) is 46.4 Å². The Balaban J connectivity index is 1.21. The van der Waals surface area contributed by atoms with Crippen LogP contribution in [0.5, 0.6) is 5.75 Å². The van der Waals surface area contributed by atoms with Crippen molar-refractivity contribution in [1.29, 1.82) is 0 Å². The highest BCUT2D eigenvalue weighted by Gasteiger charge is 2.27. The third-order valence-electron chi connectivity index (χ3n) is 9.01. The van der Waals surface area contributed by atoms with Crippen LogP contribution in [0.25, 0.3) is 11.0 Å². The minimum atomic E-state index is -2.49. The lowest BCUT2D eigenvalue weighted by molar-refractivity contribution is 0.0982. The van der Waals surface area contributed by atoms with E-state index in [1.165, 1.54) is 44.7 Å². The number of anilines is 3. The number of aryl methyl sites for hydroxylation is 1. The summed E-state index contributed by atoms with van der Waals surface area (Å²) in [5, 5.41) is 4.31. The highest BCUT2D eigenvalue weighted by atomic mass is 31.2. The molecule has 43 heavy (non-hydrogen) atoms. The van der Waals surface area contributed by atoms with Crippen molar-refractivity contribution in [3.63, 3.8) is 0 Å². The Morgan fingerprint density at radius 2 is 1.70 bits per heavy atom. The van der Waals surface area contributed by atoms with Crippen molar-refractivity contribution in [3.05, 3.63) is 66.1 Å². The molecular formula is C33H44N7O2P.